The topological polar surface area (TPSA) is 88.8 Å². The van der Waals surface area contributed by atoms with Crippen LogP contribution in [0.1, 0.15) is 25.2 Å². The minimum absolute atomic E-state index is 0.0924. The van der Waals surface area contributed by atoms with Gasteiger partial charge < -0.3 is 15.0 Å². The third kappa shape index (κ3) is 3.17. The van der Waals surface area contributed by atoms with Gasteiger partial charge in [-0.15, -0.1) is 10.2 Å². The van der Waals surface area contributed by atoms with Gasteiger partial charge >= 0.3 is 0 Å². The van der Waals surface area contributed by atoms with E-state index in [1.165, 1.54) is 0 Å². The lowest BCUT2D eigenvalue weighted by molar-refractivity contribution is -0.126. The summed E-state index contributed by atoms with van der Waals surface area (Å²) < 4.78 is 7.18. The molecule has 1 aromatic carbocycles. The summed E-state index contributed by atoms with van der Waals surface area (Å²) in [7, 11) is 1.56. The zero-order chi connectivity index (χ0) is 19.7. The molecule has 1 fully saturated rings. The van der Waals surface area contributed by atoms with Crippen LogP contribution in [-0.2, 0) is 9.59 Å². The molecule has 1 N–H and O–H groups in total. The SMILES string of the molecule is COc1ccccc1N1CC(C(=O)NC(C)c2nnc3ccccn23)CC1=O. The lowest BCUT2D eigenvalue weighted by atomic mass is 10.1. The highest BCUT2D eigenvalue weighted by Gasteiger charge is 2.36. The quantitative estimate of drug-likeness (QED) is 0.732. The number of para-hydroxylation sites is 2. The summed E-state index contributed by atoms with van der Waals surface area (Å²) in [5, 5.41) is 11.3. The number of nitrogens with one attached hydrogen (secondary N) is 1. The van der Waals surface area contributed by atoms with Gasteiger partial charge in [0.25, 0.3) is 0 Å². The summed E-state index contributed by atoms with van der Waals surface area (Å²) in [6.07, 6.45) is 2.02. The lowest BCUT2D eigenvalue weighted by Crippen LogP contribution is -2.35. The number of anilines is 1. The first-order valence-electron chi connectivity index (χ1n) is 9.12. The smallest absolute Gasteiger partial charge is 0.227 e. The molecule has 0 saturated carbocycles. The van der Waals surface area contributed by atoms with Crippen LogP contribution in [-0.4, -0.2) is 40.1 Å². The Hall–Kier alpha value is -3.42. The minimum atomic E-state index is -0.431. The maximum Gasteiger partial charge on any atom is 0.227 e. The molecule has 2 atom stereocenters. The summed E-state index contributed by atoms with van der Waals surface area (Å²) in [5.41, 5.74) is 1.40. The fourth-order valence-corrected chi connectivity index (χ4v) is 3.52. The first kappa shape index (κ1) is 18.0. The van der Waals surface area contributed by atoms with Crippen LogP contribution >= 0.6 is 0 Å². The van der Waals surface area contributed by atoms with Crippen molar-refractivity contribution in [1.82, 2.24) is 19.9 Å². The molecule has 2 amide bonds. The Morgan fingerprint density at radius 3 is 2.82 bits per heavy atom. The Morgan fingerprint density at radius 1 is 1.21 bits per heavy atom. The van der Waals surface area contributed by atoms with Crippen molar-refractivity contribution in [3.8, 4) is 5.75 Å². The van der Waals surface area contributed by atoms with Crippen LogP contribution in [0.25, 0.3) is 5.65 Å². The van der Waals surface area contributed by atoms with Gasteiger partial charge in [0.15, 0.2) is 11.5 Å². The first-order valence-corrected chi connectivity index (χ1v) is 9.12. The standard InChI is InChI=1S/C20H21N5O3/c1-13(19-23-22-17-9-5-6-10-24(17)19)21-20(27)14-11-18(26)25(12-14)15-7-3-4-8-16(15)28-2/h3-10,13-14H,11-12H2,1-2H3,(H,21,27). The molecule has 0 bridgehead atoms. The van der Waals surface area contributed by atoms with Gasteiger partial charge in [0.2, 0.25) is 11.8 Å². The highest BCUT2D eigenvalue weighted by molar-refractivity contribution is 6.01. The second-order valence-electron chi connectivity index (χ2n) is 6.79. The third-order valence-electron chi connectivity index (χ3n) is 4.96. The van der Waals surface area contributed by atoms with Gasteiger partial charge in [-0.1, -0.05) is 18.2 Å². The molecule has 4 rings (SSSR count). The molecule has 0 aliphatic carbocycles. The summed E-state index contributed by atoms with van der Waals surface area (Å²) in [4.78, 5) is 26.9. The van der Waals surface area contributed by atoms with Crippen molar-refractivity contribution in [3.63, 3.8) is 0 Å². The Morgan fingerprint density at radius 2 is 2.00 bits per heavy atom. The first-order chi connectivity index (χ1) is 13.6. The number of aromatic nitrogens is 3. The highest BCUT2D eigenvalue weighted by Crippen LogP contribution is 2.33. The van der Waals surface area contributed by atoms with Crippen LogP contribution in [0.5, 0.6) is 5.75 Å². The van der Waals surface area contributed by atoms with Gasteiger partial charge in [0, 0.05) is 19.2 Å². The maximum atomic E-state index is 12.8. The minimum Gasteiger partial charge on any atom is -0.495 e. The summed E-state index contributed by atoms with van der Waals surface area (Å²) >= 11 is 0. The van der Waals surface area contributed by atoms with E-state index in [0.717, 1.165) is 5.65 Å². The van der Waals surface area contributed by atoms with E-state index in [1.54, 1.807) is 18.1 Å². The number of benzene rings is 1. The molecule has 3 aromatic rings. The number of methoxy groups -OCH3 is 1. The number of pyridine rings is 1. The molecule has 8 heteroatoms. The van der Waals surface area contributed by atoms with E-state index in [9.17, 15) is 9.59 Å². The van der Waals surface area contributed by atoms with Crippen LogP contribution in [0, 0.1) is 5.92 Å². The van der Waals surface area contributed by atoms with Gasteiger partial charge in [-0.3, -0.25) is 14.0 Å². The molecule has 28 heavy (non-hydrogen) atoms. The van der Waals surface area contributed by atoms with Crippen LogP contribution in [0.15, 0.2) is 48.7 Å². The molecule has 2 unspecified atom stereocenters. The van der Waals surface area contributed by atoms with E-state index in [0.29, 0.717) is 23.8 Å². The Labute approximate surface area is 162 Å². The van der Waals surface area contributed by atoms with Crippen LogP contribution in [0.2, 0.25) is 0 Å². The molecule has 1 aliphatic rings. The number of fused-ring (bicyclic) bond motifs is 1. The average Bonchev–Trinajstić information content (AvgIpc) is 3.31. The summed E-state index contributed by atoms with van der Waals surface area (Å²) in [6.45, 7) is 2.18. The number of hydrogen-bond acceptors (Lipinski definition) is 5. The van der Waals surface area contributed by atoms with Crippen molar-refractivity contribution in [2.24, 2.45) is 5.92 Å². The maximum absolute atomic E-state index is 12.8. The average molecular weight is 379 g/mol. The fraction of sp³-hybridized carbons (Fsp3) is 0.300. The van der Waals surface area contributed by atoms with Crippen molar-refractivity contribution in [2.45, 2.75) is 19.4 Å². The van der Waals surface area contributed by atoms with E-state index in [4.69, 9.17) is 4.74 Å². The molecule has 2 aromatic heterocycles. The fourth-order valence-electron chi connectivity index (χ4n) is 3.52. The van der Waals surface area contributed by atoms with Crippen molar-refractivity contribution in [3.05, 3.63) is 54.5 Å². The third-order valence-corrected chi connectivity index (χ3v) is 4.96. The van der Waals surface area contributed by atoms with Gasteiger partial charge in [0.05, 0.1) is 24.8 Å². The number of rotatable bonds is 5. The van der Waals surface area contributed by atoms with Crippen LogP contribution < -0.4 is 15.0 Å². The number of carbonyl (C=O) groups is 2. The molecule has 144 valence electrons. The van der Waals surface area contributed by atoms with Crippen molar-refractivity contribution in [2.75, 3.05) is 18.6 Å². The van der Waals surface area contributed by atoms with Gasteiger partial charge in [-0.05, 0) is 31.2 Å². The Kier molecular flexibility index (Phi) is 4.68. The molecular weight excluding hydrogens is 358 g/mol. The van der Waals surface area contributed by atoms with Gasteiger partial charge in [-0.2, -0.15) is 0 Å². The van der Waals surface area contributed by atoms with Crippen LogP contribution in [0.4, 0.5) is 5.69 Å². The largest absolute Gasteiger partial charge is 0.495 e. The summed E-state index contributed by atoms with van der Waals surface area (Å²) in [6, 6.07) is 12.6. The normalized spacial score (nSPS) is 17.7. The molecule has 3 heterocycles. The summed E-state index contributed by atoms with van der Waals surface area (Å²) in [5.74, 6) is 0.560. The number of nitrogens with zero attached hydrogens (tertiary/aromatic N) is 4. The molecule has 1 aliphatic heterocycles. The second-order valence-corrected chi connectivity index (χ2v) is 6.79. The molecule has 1 saturated heterocycles. The van der Waals surface area contributed by atoms with Gasteiger partial charge in [-0.25, -0.2) is 0 Å². The van der Waals surface area contributed by atoms with Crippen molar-refractivity contribution >= 4 is 23.1 Å². The number of amides is 2. The van der Waals surface area contributed by atoms with Crippen LogP contribution in [0.3, 0.4) is 0 Å². The van der Waals surface area contributed by atoms with Gasteiger partial charge in [0.1, 0.15) is 5.75 Å². The van der Waals surface area contributed by atoms with E-state index in [2.05, 4.69) is 15.5 Å². The Bertz CT molecular complexity index is 1030. The van der Waals surface area contributed by atoms with Crippen molar-refractivity contribution in [1.29, 1.82) is 0 Å². The number of ether oxygens (including phenoxy) is 1. The Balaban J connectivity index is 1.48. The monoisotopic (exact) mass is 379 g/mol. The predicted octanol–water partition coefficient (Wildman–Crippen LogP) is 1.97. The molecule has 0 spiro atoms. The van der Waals surface area contributed by atoms with Crippen molar-refractivity contribution < 1.29 is 14.3 Å². The van der Waals surface area contributed by atoms with E-state index < -0.39 is 5.92 Å². The lowest BCUT2D eigenvalue weighted by Gasteiger charge is -2.20. The second kappa shape index (κ2) is 7.30. The number of hydrogen-bond donors (Lipinski definition) is 1. The molecule has 0 radical (unpaired) electrons. The highest BCUT2D eigenvalue weighted by atomic mass is 16.5. The zero-order valence-corrected chi connectivity index (χ0v) is 15.7. The number of carbonyl (C=O) groups excluding carboxylic acids is 2. The molecular formula is C20H21N5O3. The van der Waals surface area contributed by atoms with E-state index in [-0.39, 0.29) is 24.3 Å². The van der Waals surface area contributed by atoms with E-state index in [1.807, 2.05) is 53.9 Å². The predicted molar refractivity (Wildman–Crippen MR) is 103 cm³/mol. The zero-order valence-electron chi connectivity index (χ0n) is 15.7. The molecule has 8 nitrogen and oxygen atoms in total. The van der Waals surface area contributed by atoms with E-state index >= 15 is 0 Å².